The molecule has 2 rings (SSSR count). The molecule has 3 amide bonds. The highest BCUT2D eigenvalue weighted by Crippen LogP contribution is 2.14. The van der Waals surface area contributed by atoms with Gasteiger partial charge >= 0.3 is 6.03 Å². The van der Waals surface area contributed by atoms with Crippen LogP contribution >= 0.6 is 11.3 Å². The summed E-state index contributed by atoms with van der Waals surface area (Å²) in [5.74, 6) is -0.417. The van der Waals surface area contributed by atoms with Gasteiger partial charge < -0.3 is 0 Å². The fraction of sp³-hybridized carbons (Fsp3) is 0. The highest BCUT2D eigenvalue weighted by atomic mass is 32.1. The first kappa shape index (κ1) is 11.3. The summed E-state index contributed by atoms with van der Waals surface area (Å²) in [6.07, 6.45) is 0. The number of nitrogens with one attached hydrogen (secondary N) is 2. The quantitative estimate of drug-likeness (QED) is 0.856. The molecule has 0 aliphatic heterocycles. The number of hydrogen-bond acceptors (Lipinski definition) is 3. The maximum Gasteiger partial charge on any atom is 0.326 e. The van der Waals surface area contributed by atoms with Crippen LogP contribution in [0.1, 0.15) is 10.4 Å². The van der Waals surface area contributed by atoms with E-state index in [1.54, 1.807) is 30.3 Å². The predicted molar refractivity (Wildman–Crippen MR) is 67.2 cm³/mol. The molecular weight excluding hydrogens is 236 g/mol. The summed E-state index contributed by atoms with van der Waals surface area (Å²) in [6.45, 7) is 0. The summed E-state index contributed by atoms with van der Waals surface area (Å²) in [7, 11) is 0. The van der Waals surface area contributed by atoms with Gasteiger partial charge in [0.1, 0.15) is 0 Å². The molecular formula is C12H10N2O2S. The Bertz CT molecular complexity index is 509. The van der Waals surface area contributed by atoms with E-state index in [1.165, 1.54) is 11.3 Å². The molecule has 2 aromatic rings. The van der Waals surface area contributed by atoms with Crippen LogP contribution in [0.3, 0.4) is 0 Å². The maximum atomic E-state index is 11.6. The van der Waals surface area contributed by atoms with E-state index in [0.717, 1.165) is 0 Å². The Morgan fingerprint density at radius 3 is 2.41 bits per heavy atom. The van der Waals surface area contributed by atoms with Gasteiger partial charge in [0.2, 0.25) is 0 Å². The summed E-state index contributed by atoms with van der Waals surface area (Å²) in [4.78, 5) is 23.1. The summed E-state index contributed by atoms with van der Waals surface area (Å²) < 4.78 is 0. The molecule has 1 aromatic heterocycles. The van der Waals surface area contributed by atoms with Crippen LogP contribution in [0.25, 0.3) is 0 Å². The first-order valence-electron chi connectivity index (χ1n) is 4.96. The Morgan fingerprint density at radius 2 is 1.76 bits per heavy atom. The highest BCUT2D eigenvalue weighted by Gasteiger charge is 2.09. The minimum absolute atomic E-state index is 0.417. The van der Waals surface area contributed by atoms with Crippen LogP contribution in [-0.2, 0) is 0 Å². The van der Waals surface area contributed by atoms with Gasteiger partial charge in [-0.05, 0) is 29.6 Å². The second-order valence-corrected chi connectivity index (χ2v) is 4.20. The summed E-state index contributed by atoms with van der Waals surface area (Å²) in [5.41, 5.74) is 0.453. The number of amides is 3. The van der Waals surface area contributed by atoms with Gasteiger partial charge in [-0.25, -0.2) is 4.79 Å². The second kappa shape index (κ2) is 5.27. The lowest BCUT2D eigenvalue weighted by atomic mass is 10.2. The molecule has 86 valence electrons. The average molecular weight is 246 g/mol. The zero-order valence-corrected chi connectivity index (χ0v) is 9.66. The van der Waals surface area contributed by atoms with Gasteiger partial charge in [-0.1, -0.05) is 18.2 Å². The molecule has 0 saturated heterocycles. The Morgan fingerprint density at radius 1 is 1.00 bits per heavy atom. The van der Waals surface area contributed by atoms with E-state index >= 15 is 0 Å². The third-order valence-corrected chi connectivity index (χ3v) is 2.81. The van der Waals surface area contributed by atoms with E-state index < -0.39 is 11.9 Å². The fourth-order valence-electron chi connectivity index (χ4n) is 1.26. The minimum Gasteiger partial charge on any atom is -0.299 e. The molecule has 17 heavy (non-hydrogen) atoms. The number of anilines is 1. The van der Waals surface area contributed by atoms with E-state index in [0.29, 0.717) is 10.6 Å². The molecule has 1 aromatic carbocycles. The largest absolute Gasteiger partial charge is 0.326 e. The molecule has 0 aliphatic rings. The molecule has 0 unspecified atom stereocenters. The van der Waals surface area contributed by atoms with Crippen molar-refractivity contribution in [2.45, 2.75) is 0 Å². The molecule has 0 aliphatic carbocycles. The zero-order chi connectivity index (χ0) is 12.1. The monoisotopic (exact) mass is 246 g/mol. The van der Waals surface area contributed by atoms with Crippen molar-refractivity contribution in [1.29, 1.82) is 0 Å². The number of rotatable bonds is 2. The zero-order valence-electron chi connectivity index (χ0n) is 8.84. The van der Waals surface area contributed by atoms with Crippen LogP contribution in [0.15, 0.2) is 47.8 Å². The van der Waals surface area contributed by atoms with Crippen LogP contribution < -0.4 is 10.6 Å². The van der Waals surface area contributed by atoms with Crippen molar-refractivity contribution in [1.82, 2.24) is 5.32 Å². The molecule has 0 radical (unpaired) electrons. The molecule has 2 N–H and O–H groups in total. The van der Waals surface area contributed by atoms with E-state index in [-0.39, 0.29) is 0 Å². The third kappa shape index (κ3) is 3.15. The average Bonchev–Trinajstić information content (AvgIpc) is 2.82. The number of carbonyl (C=O) groups is 2. The van der Waals surface area contributed by atoms with Crippen molar-refractivity contribution in [3.8, 4) is 0 Å². The Hall–Kier alpha value is -2.14. The number of carbonyl (C=O) groups excluding carboxylic acids is 2. The standard InChI is InChI=1S/C12H10N2O2S/c15-11(9-5-2-1-3-6-9)14-12(16)13-10-7-4-8-17-10/h1-8H,(H2,13,14,15,16). The fourth-order valence-corrected chi connectivity index (χ4v) is 1.87. The SMILES string of the molecule is O=C(NC(=O)c1ccccc1)Nc1cccs1. The lowest BCUT2D eigenvalue weighted by Crippen LogP contribution is -2.34. The van der Waals surface area contributed by atoms with Gasteiger partial charge in [0.25, 0.3) is 5.91 Å². The number of hydrogen-bond donors (Lipinski definition) is 2. The maximum absolute atomic E-state index is 11.6. The molecule has 0 atom stereocenters. The van der Waals surface area contributed by atoms with Crippen LogP contribution in [-0.4, -0.2) is 11.9 Å². The van der Waals surface area contributed by atoms with E-state index in [2.05, 4.69) is 10.6 Å². The normalized spacial score (nSPS) is 9.65. The van der Waals surface area contributed by atoms with E-state index in [1.807, 2.05) is 17.5 Å². The number of benzene rings is 1. The van der Waals surface area contributed by atoms with Crippen molar-refractivity contribution >= 4 is 28.3 Å². The van der Waals surface area contributed by atoms with Gasteiger partial charge in [0, 0.05) is 5.56 Å². The van der Waals surface area contributed by atoms with Gasteiger partial charge in [-0.2, -0.15) is 0 Å². The highest BCUT2D eigenvalue weighted by molar-refractivity contribution is 7.14. The molecule has 1 heterocycles. The smallest absolute Gasteiger partial charge is 0.299 e. The molecule has 0 spiro atoms. The van der Waals surface area contributed by atoms with Gasteiger partial charge in [-0.15, -0.1) is 11.3 Å². The first-order chi connectivity index (χ1) is 8.25. The van der Waals surface area contributed by atoms with Crippen molar-refractivity contribution in [3.63, 3.8) is 0 Å². The number of imide groups is 1. The molecule has 0 bridgehead atoms. The van der Waals surface area contributed by atoms with E-state index in [9.17, 15) is 9.59 Å². The lowest BCUT2D eigenvalue weighted by Gasteiger charge is -2.04. The van der Waals surface area contributed by atoms with Crippen molar-refractivity contribution in [3.05, 3.63) is 53.4 Å². The molecule has 0 saturated carbocycles. The van der Waals surface area contributed by atoms with E-state index in [4.69, 9.17) is 0 Å². The Balaban J connectivity index is 1.93. The van der Waals surface area contributed by atoms with Crippen LogP contribution in [0, 0.1) is 0 Å². The van der Waals surface area contributed by atoms with Crippen LogP contribution in [0.2, 0.25) is 0 Å². The number of urea groups is 1. The number of thiophene rings is 1. The summed E-state index contributed by atoms with van der Waals surface area (Å²) in [5, 5.41) is 7.36. The van der Waals surface area contributed by atoms with Crippen LogP contribution in [0.4, 0.5) is 9.80 Å². The third-order valence-electron chi connectivity index (χ3n) is 2.02. The summed E-state index contributed by atoms with van der Waals surface area (Å²) >= 11 is 1.39. The van der Waals surface area contributed by atoms with Crippen LogP contribution in [0.5, 0.6) is 0 Å². The van der Waals surface area contributed by atoms with Gasteiger partial charge in [-0.3, -0.25) is 15.4 Å². The molecule has 4 nitrogen and oxygen atoms in total. The van der Waals surface area contributed by atoms with Crippen molar-refractivity contribution in [2.24, 2.45) is 0 Å². The minimum atomic E-state index is -0.527. The molecule has 5 heteroatoms. The predicted octanol–water partition coefficient (Wildman–Crippen LogP) is 2.71. The van der Waals surface area contributed by atoms with Gasteiger partial charge in [0.05, 0.1) is 5.00 Å². The topological polar surface area (TPSA) is 58.2 Å². The Kier molecular flexibility index (Phi) is 3.52. The summed E-state index contributed by atoms with van der Waals surface area (Å²) in [6, 6.07) is 11.6. The van der Waals surface area contributed by atoms with Crippen molar-refractivity contribution in [2.75, 3.05) is 5.32 Å². The first-order valence-corrected chi connectivity index (χ1v) is 5.84. The van der Waals surface area contributed by atoms with Gasteiger partial charge in [0.15, 0.2) is 0 Å². The second-order valence-electron chi connectivity index (χ2n) is 3.25. The Labute approximate surface area is 102 Å². The lowest BCUT2D eigenvalue weighted by molar-refractivity contribution is 0.0967. The molecule has 0 fully saturated rings. The van der Waals surface area contributed by atoms with Crippen molar-refractivity contribution < 1.29 is 9.59 Å².